The lowest BCUT2D eigenvalue weighted by Crippen LogP contribution is -2.40. The largest absolute Gasteiger partial charge is 0.497 e. The van der Waals surface area contributed by atoms with Gasteiger partial charge in [-0.25, -0.2) is 0 Å². The zero-order valence-corrected chi connectivity index (χ0v) is 20.7. The molecule has 1 aliphatic rings. The molecule has 2 aromatic rings. The molecule has 32 heavy (non-hydrogen) atoms. The Morgan fingerprint density at radius 3 is 2.53 bits per heavy atom. The van der Waals surface area contributed by atoms with E-state index in [1.54, 1.807) is 7.11 Å². The molecule has 2 aromatic carbocycles. The third-order valence-electron chi connectivity index (χ3n) is 5.97. The van der Waals surface area contributed by atoms with Gasteiger partial charge in [-0.3, -0.25) is 4.90 Å². The molecule has 0 unspecified atom stereocenters. The van der Waals surface area contributed by atoms with Gasteiger partial charge in [0.1, 0.15) is 5.75 Å². The zero-order valence-electron chi connectivity index (χ0n) is 19.9. The van der Waals surface area contributed by atoms with Gasteiger partial charge in [0.05, 0.1) is 20.3 Å². The number of hydrogen-bond acceptors (Lipinski definition) is 4. The van der Waals surface area contributed by atoms with Crippen molar-refractivity contribution in [2.75, 3.05) is 51.8 Å². The zero-order chi connectivity index (χ0) is 22.9. The van der Waals surface area contributed by atoms with Crippen molar-refractivity contribution in [1.82, 2.24) is 9.80 Å². The SMILES string of the molecule is COc1ccc(CN(CCCN2CCOCC2)C(=S)Nc2cccc(C)c2C(C)C)cc1. The Hall–Kier alpha value is -2.15. The number of rotatable bonds is 9. The predicted molar refractivity (Wildman–Crippen MR) is 137 cm³/mol. The van der Waals surface area contributed by atoms with Gasteiger partial charge in [0.25, 0.3) is 0 Å². The molecular weight excluding hydrogens is 418 g/mol. The Morgan fingerprint density at radius 1 is 1.16 bits per heavy atom. The smallest absolute Gasteiger partial charge is 0.173 e. The first-order valence-electron chi connectivity index (χ1n) is 11.6. The lowest BCUT2D eigenvalue weighted by Gasteiger charge is -2.30. The van der Waals surface area contributed by atoms with E-state index in [2.05, 4.69) is 66.2 Å². The fourth-order valence-corrected chi connectivity index (χ4v) is 4.53. The maximum absolute atomic E-state index is 5.92. The van der Waals surface area contributed by atoms with Crippen LogP contribution in [0.15, 0.2) is 42.5 Å². The Balaban J connectivity index is 1.71. The summed E-state index contributed by atoms with van der Waals surface area (Å²) in [5.74, 6) is 1.30. The molecule has 174 valence electrons. The molecule has 0 aromatic heterocycles. The normalized spacial score (nSPS) is 14.4. The first-order chi connectivity index (χ1) is 15.5. The summed E-state index contributed by atoms with van der Waals surface area (Å²) >= 11 is 5.92. The lowest BCUT2D eigenvalue weighted by atomic mass is 9.96. The van der Waals surface area contributed by atoms with Crippen LogP contribution in [0.5, 0.6) is 5.75 Å². The van der Waals surface area contributed by atoms with Crippen molar-refractivity contribution in [1.29, 1.82) is 0 Å². The minimum atomic E-state index is 0.429. The summed E-state index contributed by atoms with van der Waals surface area (Å²) in [4.78, 5) is 4.76. The summed E-state index contributed by atoms with van der Waals surface area (Å²) in [6, 6.07) is 14.6. The summed E-state index contributed by atoms with van der Waals surface area (Å²) in [6.07, 6.45) is 1.06. The highest BCUT2D eigenvalue weighted by atomic mass is 32.1. The molecule has 1 heterocycles. The average molecular weight is 456 g/mol. The van der Waals surface area contributed by atoms with Crippen LogP contribution in [-0.2, 0) is 11.3 Å². The van der Waals surface area contributed by atoms with Crippen molar-refractivity contribution in [3.63, 3.8) is 0 Å². The van der Waals surface area contributed by atoms with Crippen LogP contribution in [0.3, 0.4) is 0 Å². The third-order valence-corrected chi connectivity index (χ3v) is 6.33. The fraction of sp³-hybridized carbons (Fsp3) is 0.500. The second kappa shape index (κ2) is 12.2. The second-order valence-corrected chi connectivity index (χ2v) is 9.08. The number of aryl methyl sites for hydroxylation is 1. The van der Waals surface area contributed by atoms with Crippen LogP contribution in [-0.4, -0.2) is 61.4 Å². The van der Waals surface area contributed by atoms with Crippen LogP contribution in [0.4, 0.5) is 5.69 Å². The van der Waals surface area contributed by atoms with E-state index in [4.69, 9.17) is 21.7 Å². The minimum absolute atomic E-state index is 0.429. The van der Waals surface area contributed by atoms with Crippen LogP contribution in [0, 0.1) is 6.92 Å². The van der Waals surface area contributed by atoms with E-state index in [1.165, 1.54) is 16.7 Å². The predicted octanol–water partition coefficient (Wildman–Crippen LogP) is 5.05. The summed E-state index contributed by atoms with van der Waals surface area (Å²) in [5, 5.41) is 4.34. The first kappa shape index (κ1) is 24.5. The van der Waals surface area contributed by atoms with E-state index < -0.39 is 0 Å². The maximum atomic E-state index is 5.92. The van der Waals surface area contributed by atoms with Gasteiger partial charge < -0.3 is 19.7 Å². The number of nitrogens with one attached hydrogen (secondary N) is 1. The number of anilines is 1. The maximum Gasteiger partial charge on any atom is 0.173 e. The van der Waals surface area contributed by atoms with Crippen molar-refractivity contribution >= 4 is 23.0 Å². The van der Waals surface area contributed by atoms with Crippen molar-refractivity contribution in [2.45, 2.75) is 39.7 Å². The van der Waals surface area contributed by atoms with Gasteiger partial charge in [-0.15, -0.1) is 0 Å². The Kier molecular flexibility index (Phi) is 9.33. The molecule has 1 fully saturated rings. The van der Waals surface area contributed by atoms with Gasteiger partial charge in [0.15, 0.2) is 5.11 Å². The molecule has 1 aliphatic heterocycles. The monoisotopic (exact) mass is 455 g/mol. The number of hydrogen-bond donors (Lipinski definition) is 1. The summed E-state index contributed by atoms with van der Waals surface area (Å²) in [7, 11) is 1.69. The van der Waals surface area contributed by atoms with E-state index in [0.29, 0.717) is 5.92 Å². The van der Waals surface area contributed by atoms with Gasteiger partial charge in [-0.1, -0.05) is 38.1 Å². The Bertz CT molecular complexity index is 864. The number of nitrogens with zero attached hydrogens (tertiary/aromatic N) is 2. The van der Waals surface area contributed by atoms with Crippen LogP contribution in [0.1, 0.15) is 42.9 Å². The molecular formula is C26H37N3O2S. The standard InChI is InChI=1S/C26H37N3O2S/c1-20(2)25-21(3)7-5-8-24(25)27-26(32)29(14-6-13-28-15-17-31-18-16-28)19-22-9-11-23(30-4)12-10-22/h5,7-12,20H,6,13-19H2,1-4H3,(H,27,32). The molecule has 0 amide bonds. The molecule has 0 aliphatic carbocycles. The van der Waals surface area contributed by atoms with E-state index in [-0.39, 0.29) is 0 Å². The lowest BCUT2D eigenvalue weighted by molar-refractivity contribution is 0.0368. The third kappa shape index (κ3) is 6.92. The van der Waals surface area contributed by atoms with Crippen LogP contribution in [0.25, 0.3) is 0 Å². The van der Waals surface area contributed by atoms with E-state index in [1.807, 2.05) is 12.1 Å². The molecule has 0 bridgehead atoms. The highest BCUT2D eigenvalue weighted by Gasteiger charge is 2.16. The number of ether oxygens (including phenoxy) is 2. The van der Waals surface area contributed by atoms with Gasteiger partial charge in [0.2, 0.25) is 0 Å². The van der Waals surface area contributed by atoms with Crippen molar-refractivity contribution < 1.29 is 9.47 Å². The van der Waals surface area contributed by atoms with Crippen molar-refractivity contribution in [2.24, 2.45) is 0 Å². The van der Waals surface area contributed by atoms with Crippen LogP contribution >= 0.6 is 12.2 Å². The number of thiocarbonyl (C=S) groups is 1. The highest BCUT2D eigenvalue weighted by Crippen LogP contribution is 2.28. The molecule has 3 rings (SSSR count). The molecule has 0 saturated carbocycles. The topological polar surface area (TPSA) is 37.0 Å². The summed E-state index contributed by atoms with van der Waals surface area (Å²) < 4.78 is 10.8. The molecule has 6 heteroatoms. The van der Waals surface area contributed by atoms with E-state index in [0.717, 1.165) is 68.9 Å². The molecule has 0 spiro atoms. The highest BCUT2D eigenvalue weighted by molar-refractivity contribution is 7.80. The molecule has 5 nitrogen and oxygen atoms in total. The van der Waals surface area contributed by atoms with Gasteiger partial charge in [-0.2, -0.15) is 0 Å². The van der Waals surface area contributed by atoms with Crippen molar-refractivity contribution in [3.05, 3.63) is 59.2 Å². The molecule has 1 saturated heterocycles. The van der Waals surface area contributed by atoms with Gasteiger partial charge >= 0.3 is 0 Å². The first-order valence-corrected chi connectivity index (χ1v) is 12.0. The number of methoxy groups -OCH3 is 1. The minimum Gasteiger partial charge on any atom is -0.497 e. The summed E-state index contributed by atoms with van der Waals surface area (Å²) in [5.41, 5.74) is 4.95. The van der Waals surface area contributed by atoms with Crippen LogP contribution in [0.2, 0.25) is 0 Å². The Labute approximate surface area is 198 Å². The molecule has 1 N–H and O–H groups in total. The summed E-state index contributed by atoms with van der Waals surface area (Å²) in [6.45, 7) is 13.1. The second-order valence-electron chi connectivity index (χ2n) is 8.70. The number of morpholine rings is 1. The quantitative estimate of drug-likeness (QED) is 0.534. The van der Waals surface area contributed by atoms with Crippen molar-refractivity contribution in [3.8, 4) is 5.75 Å². The average Bonchev–Trinajstić information content (AvgIpc) is 2.79. The fourth-order valence-electron chi connectivity index (χ4n) is 4.26. The van der Waals surface area contributed by atoms with Gasteiger partial charge in [0, 0.05) is 38.4 Å². The molecule has 0 atom stereocenters. The van der Waals surface area contributed by atoms with E-state index >= 15 is 0 Å². The number of benzene rings is 2. The molecule has 0 radical (unpaired) electrons. The van der Waals surface area contributed by atoms with Crippen LogP contribution < -0.4 is 10.1 Å². The van der Waals surface area contributed by atoms with E-state index in [9.17, 15) is 0 Å². The Morgan fingerprint density at radius 2 is 1.88 bits per heavy atom. The van der Waals surface area contributed by atoms with Gasteiger partial charge in [-0.05, 0) is 66.4 Å².